The molecule has 0 bridgehead atoms. The first-order valence-corrected chi connectivity index (χ1v) is 20.1. The molecule has 1 heterocycles. The number of hydrogen-bond donors (Lipinski definition) is 1. The van der Waals surface area contributed by atoms with Crippen molar-refractivity contribution in [2.45, 2.75) is 30.7 Å². The summed E-state index contributed by atoms with van der Waals surface area (Å²) < 4.78 is 95.3. The largest absolute Gasteiger partial charge is 0.504 e. The normalized spacial score (nSPS) is 17.3. The van der Waals surface area contributed by atoms with E-state index in [4.69, 9.17) is 80.5 Å². The summed E-state index contributed by atoms with van der Waals surface area (Å²) in [7, 11) is 15.9. The standard InChI is InChI=1S/C46H52O22/c1-52-27-14-22(13-26(47)35(27)59-8)43(49)67-40-39(66-44(50)24-17-30(55-4)37(61-10)31(18-24)56-5)34(21-64-42(48)23-15-28(53-2)36(60-9)29(16-23)54-3)65-46(63-12)41(40)68-45(51)25-19-32(57-6)38(62-11)33(20-25)58-7/h13-20,34,39-41,46-47H,21H2,1-12H3/t34-,39-,40+,41-,46-/m1/s1. The number of phenolic OH excluding ortho intramolecular Hbond substituents is 1. The van der Waals surface area contributed by atoms with Gasteiger partial charge in [-0.05, 0) is 48.5 Å². The van der Waals surface area contributed by atoms with Crippen molar-refractivity contribution >= 4 is 23.9 Å². The number of methoxy groups -OCH3 is 12. The van der Waals surface area contributed by atoms with Crippen molar-refractivity contribution in [3.8, 4) is 69.0 Å². The highest BCUT2D eigenvalue weighted by Gasteiger charge is 2.53. The summed E-state index contributed by atoms with van der Waals surface area (Å²) in [6, 6.07) is 10.1. The van der Waals surface area contributed by atoms with Crippen LogP contribution in [0.3, 0.4) is 0 Å². The van der Waals surface area contributed by atoms with E-state index in [1.807, 2.05) is 0 Å². The van der Waals surface area contributed by atoms with Gasteiger partial charge in [0.2, 0.25) is 23.0 Å². The third-order valence-corrected chi connectivity index (χ3v) is 10.3. The molecule has 1 aliphatic rings. The van der Waals surface area contributed by atoms with E-state index in [-0.39, 0.29) is 85.5 Å². The lowest BCUT2D eigenvalue weighted by molar-refractivity contribution is -0.291. The Kier molecular flexibility index (Phi) is 17.4. The molecule has 22 heteroatoms. The number of carbonyl (C=O) groups excluding carboxylic acids is 4. The van der Waals surface area contributed by atoms with Crippen LogP contribution in [0.4, 0.5) is 0 Å². The minimum atomic E-state index is -1.88. The van der Waals surface area contributed by atoms with Gasteiger partial charge in [0.1, 0.15) is 12.7 Å². The fourth-order valence-electron chi connectivity index (χ4n) is 7.08. The average Bonchev–Trinajstić information content (AvgIpc) is 3.36. The van der Waals surface area contributed by atoms with Crippen LogP contribution in [0, 0.1) is 0 Å². The van der Waals surface area contributed by atoms with E-state index in [0.29, 0.717) is 0 Å². The van der Waals surface area contributed by atoms with E-state index in [1.165, 1.54) is 128 Å². The molecule has 0 unspecified atom stereocenters. The summed E-state index contributed by atoms with van der Waals surface area (Å²) in [6.07, 6.45) is -8.69. The number of rotatable bonds is 21. The van der Waals surface area contributed by atoms with Gasteiger partial charge < -0.3 is 85.6 Å². The monoisotopic (exact) mass is 956 g/mol. The Balaban J connectivity index is 1.67. The maximum Gasteiger partial charge on any atom is 0.339 e. The number of ether oxygens (including phenoxy) is 17. The molecule has 0 aromatic heterocycles. The molecule has 1 fully saturated rings. The summed E-state index contributed by atoms with van der Waals surface area (Å²) >= 11 is 0. The Bertz CT molecular complexity index is 2380. The molecule has 5 atom stereocenters. The molecule has 1 N–H and O–H groups in total. The van der Waals surface area contributed by atoms with Gasteiger partial charge in [-0.25, -0.2) is 19.2 Å². The maximum atomic E-state index is 14.4. The van der Waals surface area contributed by atoms with Gasteiger partial charge in [0.05, 0.1) is 100 Å². The van der Waals surface area contributed by atoms with Crippen LogP contribution in [-0.2, 0) is 28.4 Å². The van der Waals surface area contributed by atoms with Crippen molar-refractivity contribution < 1.29 is 105 Å². The van der Waals surface area contributed by atoms with Crippen molar-refractivity contribution in [1.82, 2.24) is 0 Å². The van der Waals surface area contributed by atoms with Crippen molar-refractivity contribution in [2.24, 2.45) is 0 Å². The Morgan fingerprint density at radius 2 is 0.721 bits per heavy atom. The molecule has 0 amide bonds. The van der Waals surface area contributed by atoms with Crippen LogP contribution in [0.5, 0.6) is 69.0 Å². The van der Waals surface area contributed by atoms with E-state index in [0.717, 1.165) is 6.07 Å². The summed E-state index contributed by atoms with van der Waals surface area (Å²) in [4.78, 5) is 56.8. The third-order valence-electron chi connectivity index (χ3n) is 10.3. The smallest absolute Gasteiger partial charge is 0.339 e. The number of aromatic hydroxyl groups is 1. The maximum absolute atomic E-state index is 14.4. The minimum absolute atomic E-state index is 0.0574. The van der Waals surface area contributed by atoms with Crippen LogP contribution < -0.4 is 52.1 Å². The first-order chi connectivity index (χ1) is 32.7. The van der Waals surface area contributed by atoms with Gasteiger partial charge in [0, 0.05) is 7.11 Å². The van der Waals surface area contributed by atoms with Gasteiger partial charge in [-0.2, -0.15) is 0 Å². The molecule has 0 radical (unpaired) electrons. The minimum Gasteiger partial charge on any atom is -0.504 e. The lowest BCUT2D eigenvalue weighted by Crippen LogP contribution is -2.63. The van der Waals surface area contributed by atoms with Crippen molar-refractivity contribution in [3.05, 3.63) is 70.8 Å². The summed E-state index contributed by atoms with van der Waals surface area (Å²) in [5, 5.41) is 10.8. The zero-order valence-electron chi connectivity index (χ0n) is 39.2. The Hall–Kier alpha value is -7.72. The number of phenols is 1. The van der Waals surface area contributed by atoms with E-state index in [1.54, 1.807) is 0 Å². The van der Waals surface area contributed by atoms with Crippen LogP contribution >= 0.6 is 0 Å². The summed E-state index contributed by atoms with van der Waals surface area (Å²) in [5.74, 6) is -3.84. The molecule has 22 nitrogen and oxygen atoms in total. The second-order valence-electron chi connectivity index (χ2n) is 14.0. The highest BCUT2D eigenvalue weighted by molar-refractivity contribution is 5.94. The zero-order chi connectivity index (χ0) is 49.8. The second kappa shape index (κ2) is 23.1. The van der Waals surface area contributed by atoms with E-state index in [2.05, 4.69) is 0 Å². The number of carbonyl (C=O) groups is 4. The van der Waals surface area contributed by atoms with Crippen molar-refractivity contribution in [1.29, 1.82) is 0 Å². The quantitative estimate of drug-likeness (QED) is 0.0879. The van der Waals surface area contributed by atoms with Crippen LogP contribution in [0.15, 0.2) is 48.5 Å². The molecular formula is C46H52O22. The van der Waals surface area contributed by atoms with Crippen LogP contribution in [-0.4, -0.2) is 152 Å². The van der Waals surface area contributed by atoms with Crippen LogP contribution in [0.2, 0.25) is 0 Å². The predicted molar refractivity (Wildman–Crippen MR) is 233 cm³/mol. The summed E-state index contributed by atoms with van der Waals surface area (Å²) in [5.41, 5.74) is -0.660. The van der Waals surface area contributed by atoms with Gasteiger partial charge in [-0.3, -0.25) is 0 Å². The predicted octanol–water partition coefficient (Wildman–Crippen LogP) is 4.69. The van der Waals surface area contributed by atoms with Crippen molar-refractivity contribution in [2.75, 3.05) is 91.9 Å². The van der Waals surface area contributed by atoms with Crippen LogP contribution in [0.25, 0.3) is 0 Å². The Morgan fingerprint density at radius 3 is 1.06 bits per heavy atom. The SMILES string of the molecule is COc1cc(C(=O)O[C@@H]2[C@@H](OC(=O)c3cc(OC)c(OC)c(OC)c3)[C@H](OC)O[C@H](COC(=O)c3cc(OC)c(OC)c(OC)c3)[C@H]2OC(=O)c2cc(OC)c(OC)c(OC)c2)cc(O)c1OC. The molecule has 0 saturated carbocycles. The van der Waals surface area contributed by atoms with Gasteiger partial charge in [0.25, 0.3) is 0 Å². The first-order valence-electron chi connectivity index (χ1n) is 20.1. The molecule has 5 rings (SSSR count). The molecule has 0 spiro atoms. The van der Waals surface area contributed by atoms with E-state index < -0.39 is 66.9 Å². The molecule has 1 saturated heterocycles. The van der Waals surface area contributed by atoms with Gasteiger partial charge in [-0.1, -0.05) is 0 Å². The van der Waals surface area contributed by atoms with E-state index in [9.17, 15) is 24.3 Å². The number of esters is 4. The fourth-order valence-corrected chi connectivity index (χ4v) is 7.08. The number of hydrogen-bond acceptors (Lipinski definition) is 22. The second-order valence-corrected chi connectivity index (χ2v) is 14.0. The lowest BCUT2D eigenvalue weighted by Gasteiger charge is -2.44. The molecule has 4 aromatic carbocycles. The number of benzene rings is 4. The van der Waals surface area contributed by atoms with Crippen molar-refractivity contribution in [3.63, 3.8) is 0 Å². The summed E-state index contributed by atoms with van der Waals surface area (Å²) in [6.45, 7) is -0.721. The van der Waals surface area contributed by atoms with Gasteiger partial charge in [-0.15, -0.1) is 0 Å². The average molecular weight is 957 g/mol. The van der Waals surface area contributed by atoms with Crippen LogP contribution in [0.1, 0.15) is 41.4 Å². The zero-order valence-corrected chi connectivity index (χ0v) is 39.2. The highest BCUT2D eigenvalue weighted by atomic mass is 16.7. The fraction of sp³-hybridized carbons (Fsp3) is 0.391. The Labute approximate surface area is 390 Å². The van der Waals surface area contributed by atoms with E-state index >= 15 is 0 Å². The third kappa shape index (κ3) is 10.8. The van der Waals surface area contributed by atoms with Gasteiger partial charge >= 0.3 is 23.9 Å². The molecule has 0 aliphatic carbocycles. The lowest BCUT2D eigenvalue weighted by atomic mass is 9.97. The molecule has 368 valence electrons. The molecule has 1 aliphatic heterocycles. The Morgan fingerprint density at radius 1 is 0.412 bits per heavy atom. The topological polar surface area (TPSA) is 245 Å². The molecule has 4 aromatic rings. The first kappa shape index (κ1) is 51.3. The highest BCUT2D eigenvalue weighted by Crippen LogP contribution is 2.43. The van der Waals surface area contributed by atoms with Gasteiger partial charge in [0.15, 0.2) is 70.6 Å². The molecule has 68 heavy (non-hydrogen) atoms. The molecular weight excluding hydrogens is 904 g/mol.